The maximum Gasteiger partial charge on any atom is 0.415 e. The molecule has 2 aliphatic heterocycles. The molecule has 2 aromatic heterocycles. The number of nitrogens with zero attached hydrogens (tertiary/aromatic N) is 8. The van der Waals surface area contributed by atoms with Gasteiger partial charge in [0.2, 0.25) is 0 Å². The zero-order valence-electron chi connectivity index (χ0n) is 23.1. The van der Waals surface area contributed by atoms with Gasteiger partial charge in [-0.05, 0) is 48.7 Å². The average Bonchev–Trinajstić information content (AvgIpc) is 3.70. The zero-order valence-corrected chi connectivity index (χ0v) is 23.1. The minimum atomic E-state index is -0.532. The van der Waals surface area contributed by atoms with Crippen molar-refractivity contribution in [1.29, 1.82) is 0 Å². The first-order chi connectivity index (χ1) is 20.7. The van der Waals surface area contributed by atoms with Crippen LogP contribution in [0.1, 0.15) is 17.5 Å². The van der Waals surface area contributed by atoms with Crippen LogP contribution in [-0.2, 0) is 33.7 Å². The molecule has 0 spiro atoms. The minimum Gasteiger partial charge on any atom is -0.491 e. The molecule has 1 fully saturated rings. The van der Waals surface area contributed by atoms with Crippen LogP contribution >= 0.6 is 0 Å². The summed E-state index contributed by atoms with van der Waals surface area (Å²) in [5.41, 5.74) is 7.06. The third-order valence-corrected chi connectivity index (χ3v) is 7.09. The number of halogens is 1. The lowest BCUT2D eigenvalue weighted by atomic mass is 10.1. The van der Waals surface area contributed by atoms with Gasteiger partial charge in [-0.2, -0.15) is 4.80 Å². The summed E-state index contributed by atoms with van der Waals surface area (Å²) in [6.07, 6.45) is 2.37. The molecule has 4 N–H and O–H groups in total. The number of nitrogen functional groups attached to an aromatic ring is 1. The quantitative estimate of drug-likeness (QED) is 0.278. The van der Waals surface area contributed by atoms with E-state index in [1.165, 1.54) is 22.0 Å². The van der Waals surface area contributed by atoms with Gasteiger partial charge in [0.25, 0.3) is 24.2 Å². The predicted octanol–water partition coefficient (Wildman–Crippen LogP) is 0.110. The van der Waals surface area contributed by atoms with Crippen LogP contribution in [0.5, 0.6) is 11.6 Å². The number of benzene rings is 1. The third-order valence-electron chi connectivity index (χ3n) is 7.09. The molecular weight excluding hydrogens is 571 g/mol. The minimum absolute atomic E-state index is 0.0812. The van der Waals surface area contributed by atoms with E-state index in [2.05, 4.69) is 35.6 Å². The van der Waals surface area contributed by atoms with E-state index in [0.29, 0.717) is 50.2 Å². The molecule has 4 heterocycles. The summed E-state index contributed by atoms with van der Waals surface area (Å²) in [6.45, 7) is 1.14. The van der Waals surface area contributed by atoms with Crippen LogP contribution in [0.25, 0.3) is 0 Å². The van der Waals surface area contributed by atoms with Crippen LogP contribution in [0.2, 0.25) is 0 Å². The number of hydrogen-bond acceptors (Lipinski definition) is 13. The molecule has 1 aliphatic carbocycles. The first-order valence-corrected chi connectivity index (χ1v) is 13.3. The molecule has 0 radical (unpaired) electrons. The molecule has 18 heteroatoms. The van der Waals surface area contributed by atoms with Crippen molar-refractivity contribution < 1.29 is 38.1 Å². The second kappa shape index (κ2) is 12.8. The van der Waals surface area contributed by atoms with Crippen molar-refractivity contribution in [2.24, 2.45) is 0 Å². The Labute approximate surface area is 243 Å². The maximum absolute atomic E-state index is 14.9. The van der Waals surface area contributed by atoms with E-state index >= 15 is 0 Å². The molecule has 43 heavy (non-hydrogen) atoms. The summed E-state index contributed by atoms with van der Waals surface area (Å²) >= 11 is 0. The summed E-state index contributed by atoms with van der Waals surface area (Å²) in [5.74, 6) is 0.541. The summed E-state index contributed by atoms with van der Waals surface area (Å²) in [4.78, 5) is 45.8. The first kappa shape index (κ1) is 29.4. The Bertz CT molecular complexity index is 1510. The van der Waals surface area contributed by atoms with Gasteiger partial charge in [-0.1, -0.05) is 5.10 Å². The number of fused-ring (bicyclic) bond motifs is 2. The Morgan fingerprint density at radius 2 is 2.14 bits per heavy atom. The number of carbonyl (C=O) groups is 3. The smallest absolute Gasteiger partial charge is 0.415 e. The third kappa shape index (κ3) is 6.85. The van der Waals surface area contributed by atoms with Crippen LogP contribution in [0.3, 0.4) is 0 Å². The number of anilines is 3. The Kier molecular flexibility index (Phi) is 8.74. The Hall–Kier alpha value is -5.13. The predicted molar refractivity (Wildman–Crippen MR) is 145 cm³/mol. The number of likely N-dealkylation sites (N-methyl/N-ethyl adjacent to an activating group) is 1. The van der Waals surface area contributed by atoms with Gasteiger partial charge in [-0.15, -0.1) is 5.10 Å². The number of tetrazole rings is 1. The van der Waals surface area contributed by atoms with Crippen molar-refractivity contribution in [3.05, 3.63) is 35.3 Å². The molecule has 3 aromatic rings. The fourth-order valence-electron chi connectivity index (χ4n) is 5.01. The monoisotopic (exact) mass is 600 g/mol. The lowest BCUT2D eigenvalue weighted by molar-refractivity contribution is -0.123. The zero-order chi connectivity index (χ0) is 30.5. The van der Waals surface area contributed by atoms with E-state index in [-0.39, 0.29) is 67.0 Å². The number of amides is 2. The maximum atomic E-state index is 14.9. The number of ether oxygens (including phenoxy) is 3. The van der Waals surface area contributed by atoms with Crippen molar-refractivity contribution in [3.8, 4) is 11.6 Å². The summed E-state index contributed by atoms with van der Waals surface area (Å²) in [5, 5.41) is 20.7. The molecule has 228 valence electrons. The van der Waals surface area contributed by atoms with Crippen LogP contribution in [0.4, 0.5) is 26.8 Å². The fourth-order valence-corrected chi connectivity index (χ4v) is 5.01. The van der Waals surface area contributed by atoms with E-state index in [4.69, 9.17) is 29.8 Å². The number of aromatic nitrogens is 6. The van der Waals surface area contributed by atoms with Gasteiger partial charge in [0.05, 0.1) is 19.3 Å². The van der Waals surface area contributed by atoms with Gasteiger partial charge >= 0.3 is 6.09 Å². The van der Waals surface area contributed by atoms with Crippen molar-refractivity contribution in [2.75, 3.05) is 49.3 Å². The topological polar surface area (TPSA) is 213 Å². The molecule has 0 saturated carbocycles. The fraction of sp³-hybridized carbons (Fsp3) is 0.440. The van der Waals surface area contributed by atoms with E-state index in [9.17, 15) is 14.0 Å². The number of rotatable bonds is 9. The van der Waals surface area contributed by atoms with Gasteiger partial charge in [0.15, 0.2) is 18.2 Å². The van der Waals surface area contributed by atoms with E-state index in [1.54, 1.807) is 0 Å². The highest BCUT2D eigenvalue weighted by molar-refractivity contribution is 5.94. The summed E-state index contributed by atoms with van der Waals surface area (Å²) < 4.78 is 31.4. The lowest BCUT2D eigenvalue weighted by Gasteiger charge is -2.25. The average molecular weight is 601 g/mol. The van der Waals surface area contributed by atoms with Crippen LogP contribution < -0.4 is 25.4 Å². The highest BCUT2D eigenvalue weighted by Gasteiger charge is 2.35. The van der Waals surface area contributed by atoms with Crippen LogP contribution in [0.15, 0.2) is 18.3 Å². The van der Waals surface area contributed by atoms with Crippen molar-refractivity contribution in [3.63, 3.8) is 0 Å². The van der Waals surface area contributed by atoms with E-state index in [1.807, 2.05) is 13.1 Å². The number of nitrogens with two attached hydrogens (primary N) is 1. The van der Waals surface area contributed by atoms with Gasteiger partial charge in [-0.3, -0.25) is 14.5 Å². The summed E-state index contributed by atoms with van der Waals surface area (Å²) in [7, 11) is 1.98. The molecule has 3 aliphatic rings. The molecule has 1 aromatic carbocycles. The van der Waals surface area contributed by atoms with Gasteiger partial charge in [0, 0.05) is 18.7 Å². The largest absolute Gasteiger partial charge is 0.491 e. The van der Waals surface area contributed by atoms with E-state index < -0.39 is 6.09 Å². The summed E-state index contributed by atoms with van der Waals surface area (Å²) in [6, 6.07) is 3.38. The SMILES string of the molecule is CN(CCC1CN(c2cnc3c(n2)NC(=O)CO3)C(=O)O1)C1Cc2cc(OCCn3nnc(N)n3)cc(F)c2C1.O=CO. The highest BCUT2D eigenvalue weighted by Crippen LogP contribution is 2.32. The van der Waals surface area contributed by atoms with Crippen LogP contribution in [0, 0.1) is 5.82 Å². The number of carboxylic acid groups (broad SMARTS) is 1. The Morgan fingerprint density at radius 3 is 2.91 bits per heavy atom. The van der Waals surface area contributed by atoms with E-state index in [0.717, 1.165) is 5.56 Å². The number of cyclic esters (lactones) is 1. The molecular formula is C25H29FN10O7. The Balaban J connectivity index is 0.00000118. The normalized spacial score (nSPS) is 18.6. The van der Waals surface area contributed by atoms with Crippen molar-refractivity contribution in [2.45, 2.75) is 38.0 Å². The second-order valence-electron chi connectivity index (χ2n) is 9.91. The van der Waals surface area contributed by atoms with Gasteiger partial charge in [-0.25, -0.2) is 19.2 Å². The molecule has 17 nitrogen and oxygen atoms in total. The van der Waals surface area contributed by atoms with Gasteiger partial charge < -0.3 is 35.3 Å². The standard InChI is InChI=1S/C24H27FN10O5.CH2O2/c1-33(3-2-15-11-34(24(37)40-15)19-10-27-22-21(28-19)29-20(36)12-39-22)14-6-13-7-16(9-18(25)17(13)8-14)38-5-4-35-31-23(26)30-32-35;2-1-3/h7,9-10,14-15H,2-6,8,11-12H2,1H3,(H2,26,31)(H,28,29,36);1H,(H,2,3). The first-order valence-electron chi connectivity index (χ1n) is 13.3. The number of carbonyl (C=O) groups excluding carboxylic acids is 2. The van der Waals surface area contributed by atoms with Gasteiger partial charge in [0.1, 0.15) is 24.3 Å². The van der Waals surface area contributed by atoms with Crippen molar-refractivity contribution >= 4 is 36.1 Å². The molecule has 1 saturated heterocycles. The number of hydrogen-bond donors (Lipinski definition) is 3. The van der Waals surface area contributed by atoms with Crippen LogP contribution in [-0.4, -0.2) is 104 Å². The molecule has 2 atom stereocenters. The highest BCUT2D eigenvalue weighted by atomic mass is 19.1. The number of nitrogens with one attached hydrogen (secondary N) is 1. The molecule has 2 amide bonds. The second-order valence-corrected chi connectivity index (χ2v) is 9.91. The molecule has 0 bridgehead atoms. The van der Waals surface area contributed by atoms with Crippen molar-refractivity contribution in [1.82, 2.24) is 35.1 Å². The molecule has 2 unspecified atom stereocenters. The lowest BCUT2D eigenvalue weighted by Crippen LogP contribution is -2.35. The Morgan fingerprint density at radius 1 is 1.33 bits per heavy atom. The molecule has 6 rings (SSSR count).